The molecule has 0 N–H and O–H groups in total. The standard InChI is InChI=1S/C12H12ClNO3/c1-12(2,3)17-11(15)16-10-5-4-8(7-14)6-9(10)13/h4-6H,1-3H3. The Hall–Kier alpha value is -1.73. The van der Waals surface area contributed by atoms with Crippen molar-refractivity contribution in [3.05, 3.63) is 28.8 Å². The van der Waals surface area contributed by atoms with E-state index in [1.807, 2.05) is 6.07 Å². The first-order valence-electron chi connectivity index (χ1n) is 4.92. The van der Waals surface area contributed by atoms with Crippen molar-refractivity contribution in [2.45, 2.75) is 26.4 Å². The second kappa shape index (κ2) is 5.07. The number of hydrogen-bond donors (Lipinski definition) is 0. The van der Waals surface area contributed by atoms with Gasteiger partial charge in [0.2, 0.25) is 0 Å². The average Bonchev–Trinajstić information content (AvgIpc) is 2.18. The quantitative estimate of drug-likeness (QED) is 0.567. The molecule has 4 nitrogen and oxygen atoms in total. The number of nitriles is 1. The van der Waals surface area contributed by atoms with Crippen LogP contribution in [0.15, 0.2) is 18.2 Å². The van der Waals surface area contributed by atoms with Crippen molar-refractivity contribution in [3.63, 3.8) is 0 Å². The predicted octanol–water partition coefficient (Wildman–Crippen LogP) is 3.53. The molecule has 90 valence electrons. The monoisotopic (exact) mass is 253 g/mol. The highest BCUT2D eigenvalue weighted by Crippen LogP contribution is 2.26. The van der Waals surface area contributed by atoms with Gasteiger partial charge in [-0.3, -0.25) is 0 Å². The lowest BCUT2D eigenvalue weighted by molar-refractivity contribution is 0.0206. The average molecular weight is 254 g/mol. The normalized spacial score (nSPS) is 10.5. The van der Waals surface area contributed by atoms with Crippen molar-refractivity contribution in [1.29, 1.82) is 5.26 Å². The van der Waals surface area contributed by atoms with Gasteiger partial charge in [-0.1, -0.05) is 11.6 Å². The van der Waals surface area contributed by atoms with Crippen molar-refractivity contribution in [2.24, 2.45) is 0 Å². The maximum Gasteiger partial charge on any atom is 0.514 e. The Morgan fingerprint density at radius 3 is 2.53 bits per heavy atom. The van der Waals surface area contributed by atoms with Gasteiger partial charge in [0.05, 0.1) is 16.7 Å². The van der Waals surface area contributed by atoms with E-state index in [-0.39, 0.29) is 10.8 Å². The van der Waals surface area contributed by atoms with Crippen LogP contribution in [-0.4, -0.2) is 11.8 Å². The molecule has 1 aromatic rings. The van der Waals surface area contributed by atoms with Crippen LogP contribution in [-0.2, 0) is 4.74 Å². The summed E-state index contributed by atoms with van der Waals surface area (Å²) in [7, 11) is 0. The number of carbonyl (C=O) groups is 1. The number of carbonyl (C=O) groups excluding carboxylic acids is 1. The molecular weight excluding hydrogens is 242 g/mol. The van der Waals surface area contributed by atoms with Gasteiger partial charge in [-0.2, -0.15) is 5.26 Å². The minimum atomic E-state index is -0.830. The highest BCUT2D eigenvalue weighted by Gasteiger charge is 2.19. The lowest BCUT2D eigenvalue weighted by Crippen LogP contribution is -2.26. The maximum atomic E-state index is 11.4. The molecule has 0 aromatic heterocycles. The van der Waals surface area contributed by atoms with Gasteiger partial charge in [-0.05, 0) is 39.0 Å². The fourth-order valence-corrected chi connectivity index (χ4v) is 1.23. The first-order chi connectivity index (χ1) is 7.81. The number of hydrogen-bond acceptors (Lipinski definition) is 4. The minimum absolute atomic E-state index is 0.167. The van der Waals surface area contributed by atoms with Crippen LogP contribution in [0.3, 0.4) is 0 Å². The molecule has 0 heterocycles. The van der Waals surface area contributed by atoms with Gasteiger partial charge in [-0.15, -0.1) is 0 Å². The van der Waals surface area contributed by atoms with Crippen LogP contribution in [0.2, 0.25) is 5.02 Å². The molecule has 1 aromatic carbocycles. The molecule has 0 saturated heterocycles. The molecule has 0 amide bonds. The van der Waals surface area contributed by atoms with E-state index in [1.165, 1.54) is 18.2 Å². The van der Waals surface area contributed by atoms with Crippen LogP contribution >= 0.6 is 11.6 Å². The molecule has 5 heteroatoms. The number of benzene rings is 1. The van der Waals surface area contributed by atoms with Gasteiger partial charge in [0.15, 0.2) is 5.75 Å². The lowest BCUT2D eigenvalue weighted by Gasteiger charge is -2.18. The van der Waals surface area contributed by atoms with E-state index in [4.69, 9.17) is 26.3 Å². The summed E-state index contributed by atoms with van der Waals surface area (Å²) in [6.45, 7) is 5.19. The van der Waals surface area contributed by atoms with Crippen LogP contribution in [0.5, 0.6) is 5.75 Å². The summed E-state index contributed by atoms with van der Waals surface area (Å²) >= 11 is 5.84. The van der Waals surface area contributed by atoms with Crippen molar-refractivity contribution >= 4 is 17.8 Å². The van der Waals surface area contributed by atoms with Gasteiger partial charge in [0.1, 0.15) is 5.60 Å². The zero-order valence-electron chi connectivity index (χ0n) is 9.78. The second-order valence-corrected chi connectivity index (χ2v) is 4.73. The van der Waals surface area contributed by atoms with Gasteiger partial charge < -0.3 is 9.47 Å². The fourth-order valence-electron chi connectivity index (χ4n) is 1.01. The van der Waals surface area contributed by atoms with Gasteiger partial charge in [0, 0.05) is 0 Å². The van der Waals surface area contributed by atoms with E-state index in [0.29, 0.717) is 5.56 Å². The highest BCUT2D eigenvalue weighted by molar-refractivity contribution is 6.32. The Morgan fingerprint density at radius 2 is 2.06 bits per heavy atom. The third-order valence-corrected chi connectivity index (χ3v) is 1.94. The predicted molar refractivity (Wildman–Crippen MR) is 63.0 cm³/mol. The first-order valence-corrected chi connectivity index (χ1v) is 5.30. The molecular formula is C12H12ClNO3. The molecule has 0 unspecified atom stereocenters. The summed E-state index contributed by atoms with van der Waals surface area (Å²) in [5, 5.41) is 8.84. The minimum Gasteiger partial charge on any atom is -0.428 e. The zero-order chi connectivity index (χ0) is 13.1. The van der Waals surface area contributed by atoms with Gasteiger partial charge in [0.25, 0.3) is 0 Å². The molecule has 0 atom stereocenters. The molecule has 1 rings (SSSR count). The van der Waals surface area contributed by atoms with Crippen LogP contribution in [0.4, 0.5) is 4.79 Å². The third-order valence-electron chi connectivity index (χ3n) is 1.64. The number of halogens is 1. The molecule has 0 saturated carbocycles. The Labute approximate surface area is 105 Å². The molecule has 17 heavy (non-hydrogen) atoms. The maximum absolute atomic E-state index is 11.4. The Balaban J connectivity index is 2.76. The Bertz CT molecular complexity index is 472. The van der Waals surface area contributed by atoms with Gasteiger partial charge >= 0.3 is 6.16 Å². The number of nitrogens with zero attached hydrogens (tertiary/aromatic N) is 1. The second-order valence-electron chi connectivity index (χ2n) is 4.32. The Morgan fingerprint density at radius 1 is 1.41 bits per heavy atom. The van der Waals surface area contributed by atoms with E-state index < -0.39 is 11.8 Å². The largest absolute Gasteiger partial charge is 0.514 e. The summed E-state index contributed by atoms with van der Waals surface area (Å²) in [6, 6.07) is 6.30. The van der Waals surface area contributed by atoms with E-state index in [9.17, 15) is 4.79 Å². The Kier molecular flexibility index (Phi) is 3.97. The molecule has 0 radical (unpaired) electrons. The first kappa shape index (κ1) is 13.3. The van der Waals surface area contributed by atoms with Crippen LogP contribution < -0.4 is 4.74 Å². The SMILES string of the molecule is CC(C)(C)OC(=O)Oc1ccc(C#N)cc1Cl. The molecule has 0 bridgehead atoms. The van der Waals surface area contributed by atoms with Crippen LogP contribution in [0.1, 0.15) is 26.3 Å². The summed E-state index contributed by atoms with van der Waals surface area (Å²) < 4.78 is 9.89. The zero-order valence-corrected chi connectivity index (χ0v) is 10.5. The van der Waals surface area contributed by atoms with Crippen molar-refractivity contribution in [3.8, 4) is 11.8 Å². The molecule has 0 fully saturated rings. The van der Waals surface area contributed by atoms with E-state index in [0.717, 1.165) is 0 Å². The fraction of sp³-hybridized carbons (Fsp3) is 0.333. The summed E-state index contributed by atoms with van der Waals surface area (Å²) in [4.78, 5) is 11.4. The number of ether oxygens (including phenoxy) is 2. The van der Waals surface area contributed by atoms with E-state index >= 15 is 0 Å². The summed E-state index contributed by atoms with van der Waals surface area (Å²) in [5.74, 6) is 0.167. The van der Waals surface area contributed by atoms with Crippen molar-refractivity contribution < 1.29 is 14.3 Å². The molecule has 0 aliphatic carbocycles. The third kappa shape index (κ3) is 4.33. The summed E-state index contributed by atoms with van der Waals surface area (Å²) in [5.41, 5.74) is -0.234. The van der Waals surface area contributed by atoms with Gasteiger partial charge in [-0.25, -0.2) is 4.79 Å². The topological polar surface area (TPSA) is 59.3 Å². The van der Waals surface area contributed by atoms with Crippen LogP contribution in [0, 0.1) is 11.3 Å². The molecule has 0 aliphatic rings. The molecule has 0 spiro atoms. The summed E-state index contributed by atoms with van der Waals surface area (Å²) in [6.07, 6.45) is -0.830. The smallest absolute Gasteiger partial charge is 0.428 e. The lowest BCUT2D eigenvalue weighted by atomic mass is 10.2. The highest BCUT2D eigenvalue weighted by atomic mass is 35.5. The van der Waals surface area contributed by atoms with E-state index in [1.54, 1.807) is 20.8 Å². The number of rotatable bonds is 1. The van der Waals surface area contributed by atoms with Crippen LogP contribution in [0.25, 0.3) is 0 Å². The molecule has 0 aliphatic heterocycles. The van der Waals surface area contributed by atoms with E-state index in [2.05, 4.69) is 0 Å². The van der Waals surface area contributed by atoms with Crippen molar-refractivity contribution in [1.82, 2.24) is 0 Å². The van der Waals surface area contributed by atoms with Crippen molar-refractivity contribution in [2.75, 3.05) is 0 Å².